The van der Waals surface area contributed by atoms with Crippen LogP contribution in [0.15, 0.2) is 30.7 Å². The molecule has 0 fully saturated rings. The Kier molecular flexibility index (Phi) is 4.64. The Balaban J connectivity index is 1.59. The molecule has 5 nitrogen and oxygen atoms in total. The van der Waals surface area contributed by atoms with Crippen molar-refractivity contribution in [3.63, 3.8) is 0 Å². The number of amides is 1. The highest BCUT2D eigenvalue weighted by Gasteiger charge is 2.29. The molecule has 1 amide bonds. The highest BCUT2D eigenvalue weighted by atomic mass is 35.5. The lowest BCUT2D eigenvalue weighted by Gasteiger charge is -2.28. The van der Waals surface area contributed by atoms with Gasteiger partial charge < -0.3 is 10.3 Å². The van der Waals surface area contributed by atoms with Crippen LogP contribution >= 0.6 is 22.9 Å². The van der Waals surface area contributed by atoms with Gasteiger partial charge in [-0.05, 0) is 52.2 Å². The van der Waals surface area contributed by atoms with E-state index in [1.807, 2.05) is 24.5 Å². The van der Waals surface area contributed by atoms with Gasteiger partial charge in [-0.15, -0.1) is 11.3 Å². The summed E-state index contributed by atoms with van der Waals surface area (Å²) < 4.78 is 2.81. The van der Waals surface area contributed by atoms with E-state index < -0.39 is 0 Å². The van der Waals surface area contributed by atoms with Crippen molar-refractivity contribution < 1.29 is 4.79 Å². The van der Waals surface area contributed by atoms with Gasteiger partial charge in [0, 0.05) is 34.1 Å². The molecular formula is C20H23ClN4OS. The van der Waals surface area contributed by atoms with E-state index in [2.05, 4.69) is 40.9 Å². The van der Waals surface area contributed by atoms with E-state index in [-0.39, 0.29) is 17.5 Å². The van der Waals surface area contributed by atoms with Gasteiger partial charge in [0.1, 0.15) is 0 Å². The number of fused-ring (bicyclic) bond motifs is 1. The Hall–Kier alpha value is -2.05. The maximum Gasteiger partial charge on any atom is 0.253 e. The summed E-state index contributed by atoms with van der Waals surface area (Å²) >= 11 is 7.53. The van der Waals surface area contributed by atoms with Crippen LogP contribution in [0.3, 0.4) is 0 Å². The van der Waals surface area contributed by atoms with Crippen molar-refractivity contribution in [3.05, 3.63) is 51.9 Å². The van der Waals surface area contributed by atoms with Gasteiger partial charge in [-0.25, -0.2) is 0 Å². The van der Waals surface area contributed by atoms with Crippen LogP contribution in [0.4, 0.5) is 0 Å². The zero-order chi connectivity index (χ0) is 19.2. The lowest BCUT2D eigenvalue weighted by molar-refractivity contribution is 0.0933. The number of rotatable bonds is 3. The van der Waals surface area contributed by atoms with Crippen LogP contribution in [0.25, 0.3) is 10.4 Å². The molecule has 0 aliphatic heterocycles. The smallest absolute Gasteiger partial charge is 0.253 e. The third-order valence-corrected chi connectivity index (χ3v) is 6.22. The molecule has 0 aromatic carbocycles. The number of carbonyl (C=O) groups is 1. The maximum absolute atomic E-state index is 13.0. The molecule has 0 radical (unpaired) electrons. The molecular weight excluding hydrogens is 380 g/mol. The minimum absolute atomic E-state index is 0.00739. The molecule has 27 heavy (non-hydrogen) atoms. The fourth-order valence-corrected chi connectivity index (χ4v) is 4.81. The predicted molar refractivity (Wildman–Crippen MR) is 109 cm³/mol. The molecule has 142 valence electrons. The molecule has 2 N–H and O–H groups in total. The Morgan fingerprint density at radius 1 is 1.37 bits per heavy atom. The van der Waals surface area contributed by atoms with Gasteiger partial charge in [0.2, 0.25) is 0 Å². The van der Waals surface area contributed by atoms with Crippen molar-refractivity contribution in [1.82, 2.24) is 20.1 Å². The van der Waals surface area contributed by atoms with Crippen molar-refractivity contribution >= 4 is 28.8 Å². The second kappa shape index (κ2) is 6.84. The number of aromatic amines is 1. The van der Waals surface area contributed by atoms with Crippen LogP contribution in [-0.4, -0.2) is 20.7 Å². The highest BCUT2D eigenvalue weighted by Crippen LogP contribution is 2.35. The number of hydrogen-bond acceptors (Lipinski definition) is 3. The Bertz CT molecular complexity index is 978. The molecule has 0 saturated carbocycles. The van der Waals surface area contributed by atoms with Crippen LogP contribution in [0, 0.1) is 0 Å². The summed E-state index contributed by atoms with van der Waals surface area (Å²) in [6.07, 6.45) is 8.49. The Morgan fingerprint density at radius 2 is 2.19 bits per heavy atom. The fourth-order valence-electron chi connectivity index (χ4n) is 3.74. The van der Waals surface area contributed by atoms with Crippen LogP contribution in [0.1, 0.15) is 61.3 Å². The topological polar surface area (TPSA) is 62.7 Å². The zero-order valence-corrected chi connectivity index (χ0v) is 17.2. The van der Waals surface area contributed by atoms with Crippen molar-refractivity contribution in [3.8, 4) is 10.4 Å². The van der Waals surface area contributed by atoms with Crippen LogP contribution in [-0.2, 0) is 12.0 Å². The van der Waals surface area contributed by atoms with Gasteiger partial charge in [-0.3, -0.25) is 9.48 Å². The number of carbonyl (C=O) groups excluding carboxylic acids is 1. The zero-order valence-electron chi connectivity index (χ0n) is 15.7. The molecule has 1 atom stereocenters. The normalized spacial score (nSPS) is 17.0. The third kappa shape index (κ3) is 3.44. The van der Waals surface area contributed by atoms with E-state index in [0.717, 1.165) is 35.3 Å². The molecule has 0 bridgehead atoms. The molecule has 3 aromatic heterocycles. The number of nitrogens with zero attached hydrogens (tertiary/aromatic N) is 2. The molecule has 4 rings (SSSR count). The number of halogens is 1. The van der Waals surface area contributed by atoms with E-state index in [1.54, 1.807) is 6.20 Å². The van der Waals surface area contributed by atoms with Crippen molar-refractivity contribution in [1.29, 1.82) is 0 Å². The predicted octanol–water partition coefficient (Wildman–Crippen LogP) is 5.16. The minimum atomic E-state index is -0.0721. The lowest BCUT2D eigenvalue weighted by Crippen LogP contribution is -2.32. The van der Waals surface area contributed by atoms with Crippen LogP contribution in [0.5, 0.6) is 0 Å². The van der Waals surface area contributed by atoms with E-state index in [4.69, 9.17) is 11.6 Å². The molecule has 1 aliphatic rings. The third-order valence-electron chi connectivity index (χ3n) is 4.95. The van der Waals surface area contributed by atoms with E-state index in [0.29, 0.717) is 9.90 Å². The quantitative estimate of drug-likeness (QED) is 0.635. The second-order valence-electron chi connectivity index (χ2n) is 7.93. The molecule has 0 unspecified atom stereocenters. The van der Waals surface area contributed by atoms with Crippen molar-refractivity contribution in [2.24, 2.45) is 0 Å². The molecule has 3 aromatic rings. The number of aromatic nitrogens is 3. The summed E-state index contributed by atoms with van der Waals surface area (Å²) in [5.74, 6) is -0.0721. The first-order valence-corrected chi connectivity index (χ1v) is 10.3. The van der Waals surface area contributed by atoms with Crippen molar-refractivity contribution in [2.75, 3.05) is 0 Å². The summed E-state index contributed by atoms with van der Waals surface area (Å²) in [4.78, 5) is 17.0. The molecule has 0 saturated heterocycles. The largest absolute Gasteiger partial charge is 0.366 e. The highest BCUT2D eigenvalue weighted by molar-refractivity contribution is 7.19. The standard InChI is InChI=1S/C20H23ClN4OS/c1-20(2,3)25-16-6-4-5-15(14(16)11-23-25)24-19(26)13-10-22-9-12(13)17-7-8-18(21)27-17/h7-11,15,22H,4-6H2,1-3H3,(H,24,26)/t15-/m1/s1. The average molecular weight is 403 g/mol. The minimum Gasteiger partial charge on any atom is -0.366 e. The fraction of sp³-hybridized carbons (Fsp3) is 0.400. The first-order valence-electron chi connectivity index (χ1n) is 9.15. The summed E-state index contributed by atoms with van der Waals surface area (Å²) in [7, 11) is 0. The number of thiophene rings is 1. The van der Waals surface area contributed by atoms with E-state index in [9.17, 15) is 4.79 Å². The van der Waals surface area contributed by atoms with Crippen LogP contribution < -0.4 is 5.32 Å². The SMILES string of the molecule is CC(C)(C)n1ncc2c1CCC[C@H]2NC(=O)c1c[nH]cc1-c1ccc(Cl)s1. The summed E-state index contributed by atoms with van der Waals surface area (Å²) in [5.41, 5.74) is 3.83. The second-order valence-corrected chi connectivity index (χ2v) is 9.65. The molecule has 1 aliphatic carbocycles. The van der Waals surface area contributed by atoms with E-state index in [1.165, 1.54) is 17.0 Å². The number of hydrogen-bond donors (Lipinski definition) is 2. The van der Waals surface area contributed by atoms with Crippen LogP contribution in [0.2, 0.25) is 4.34 Å². The molecule has 0 spiro atoms. The van der Waals surface area contributed by atoms with E-state index >= 15 is 0 Å². The molecule has 3 heterocycles. The monoisotopic (exact) mass is 402 g/mol. The maximum atomic E-state index is 13.0. The number of nitrogens with one attached hydrogen (secondary N) is 2. The Labute approximate surface area is 167 Å². The van der Waals surface area contributed by atoms with Gasteiger partial charge in [-0.1, -0.05) is 11.6 Å². The average Bonchev–Trinajstić information content (AvgIpc) is 3.32. The summed E-state index contributed by atoms with van der Waals surface area (Å²) in [6, 6.07) is 3.79. The first kappa shape index (κ1) is 18.3. The first-order chi connectivity index (χ1) is 12.8. The summed E-state index contributed by atoms with van der Waals surface area (Å²) in [6.45, 7) is 6.46. The molecule has 7 heteroatoms. The van der Waals surface area contributed by atoms with Gasteiger partial charge in [-0.2, -0.15) is 5.10 Å². The van der Waals surface area contributed by atoms with Gasteiger partial charge >= 0.3 is 0 Å². The number of H-pyrrole nitrogens is 1. The van der Waals surface area contributed by atoms with Gasteiger partial charge in [0.25, 0.3) is 5.91 Å². The van der Waals surface area contributed by atoms with Gasteiger partial charge in [0.15, 0.2) is 0 Å². The van der Waals surface area contributed by atoms with Gasteiger partial charge in [0.05, 0.1) is 27.7 Å². The van der Waals surface area contributed by atoms with Crippen molar-refractivity contribution in [2.45, 2.75) is 51.6 Å². The Morgan fingerprint density at radius 3 is 2.89 bits per heavy atom. The lowest BCUT2D eigenvalue weighted by atomic mass is 9.92. The summed E-state index contributed by atoms with van der Waals surface area (Å²) in [5, 5.41) is 7.82.